The Bertz CT molecular complexity index is 278. The van der Waals surface area contributed by atoms with E-state index in [1.54, 1.807) is 0 Å². The first-order valence-corrected chi connectivity index (χ1v) is 5.47. The number of carbonyl (C=O) groups is 1. The molecule has 0 atom stereocenters. The highest BCUT2D eigenvalue weighted by atomic mass is 32.2. The lowest BCUT2D eigenvalue weighted by Gasteiger charge is -2.03. The minimum Gasteiger partial charge on any atom is -0.290 e. The van der Waals surface area contributed by atoms with Crippen LogP contribution in [0.3, 0.4) is 0 Å². The number of ketones is 1. The Kier molecular flexibility index (Phi) is 3.89. The molecule has 3 nitrogen and oxygen atoms in total. The maximum absolute atomic E-state index is 11.6. The summed E-state index contributed by atoms with van der Waals surface area (Å²) in [5.41, 5.74) is 0. The van der Waals surface area contributed by atoms with Gasteiger partial charge in [-0.1, -0.05) is 0 Å². The summed E-state index contributed by atoms with van der Waals surface area (Å²) < 4.78 is 55.6. The third-order valence-electron chi connectivity index (χ3n) is 1.24. The first-order chi connectivity index (χ1) is 5.63. The third-order valence-corrected chi connectivity index (χ3v) is 2.27. The lowest BCUT2D eigenvalue weighted by atomic mass is 10.2. The van der Waals surface area contributed by atoms with Gasteiger partial charge >= 0.3 is 6.18 Å². The van der Waals surface area contributed by atoms with E-state index in [0.29, 0.717) is 0 Å². The van der Waals surface area contributed by atoms with Crippen LogP contribution in [0.25, 0.3) is 0 Å². The second-order valence-corrected chi connectivity index (χ2v) is 4.91. The normalized spacial score (nSPS) is 12.9. The van der Waals surface area contributed by atoms with Gasteiger partial charge in [0.05, 0.1) is 5.75 Å². The quantitative estimate of drug-likeness (QED) is 0.705. The van der Waals surface area contributed by atoms with Crippen molar-refractivity contribution in [2.45, 2.75) is 19.0 Å². The Labute approximate surface area is 73.8 Å². The second kappa shape index (κ2) is 4.08. The minimum atomic E-state index is -4.85. The van der Waals surface area contributed by atoms with Crippen LogP contribution >= 0.6 is 0 Å². The number of alkyl halides is 3. The molecule has 0 aromatic rings. The van der Waals surface area contributed by atoms with Crippen LogP contribution < -0.4 is 0 Å². The van der Waals surface area contributed by atoms with Crippen LogP contribution in [0.4, 0.5) is 13.2 Å². The van der Waals surface area contributed by atoms with Gasteiger partial charge in [-0.3, -0.25) is 4.79 Å². The Morgan fingerprint density at radius 3 is 2.08 bits per heavy atom. The van der Waals surface area contributed by atoms with E-state index in [1.807, 2.05) is 0 Å². The fraction of sp³-hybridized carbons (Fsp3) is 0.833. The Balaban J connectivity index is 3.87. The van der Waals surface area contributed by atoms with E-state index >= 15 is 0 Å². The molecule has 0 radical (unpaired) electrons. The van der Waals surface area contributed by atoms with E-state index in [0.717, 1.165) is 6.26 Å². The van der Waals surface area contributed by atoms with Gasteiger partial charge in [-0.15, -0.1) is 0 Å². The monoisotopic (exact) mass is 218 g/mol. The van der Waals surface area contributed by atoms with Crippen molar-refractivity contribution in [2.24, 2.45) is 0 Å². The molecule has 0 rings (SSSR count). The van der Waals surface area contributed by atoms with Crippen LogP contribution in [-0.4, -0.2) is 32.4 Å². The first kappa shape index (κ1) is 12.4. The summed E-state index contributed by atoms with van der Waals surface area (Å²) in [6, 6.07) is 0. The lowest BCUT2D eigenvalue weighted by molar-refractivity contribution is -0.171. The number of sulfone groups is 1. The number of halogens is 3. The molecule has 0 unspecified atom stereocenters. The van der Waals surface area contributed by atoms with E-state index in [2.05, 4.69) is 0 Å². The number of carbonyl (C=O) groups excluding carboxylic acids is 1. The van der Waals surface area contributed by atoms with Crippen molar-refractivity contribution in [3.63, 3.8) is 0 Å². The van der Waals surface area contributed by atoms with E-state index in [9.17, 15) is 26.4 Å². The predicted molar refractivity (Wildman–Crippen MR) is 40.0 cm³/mol. The van der Waals surface area contributed by atoms with E-state index in [4.69, 9.17) is 0 Å². The molecule has 0 spiro atoms. The highest BCUT2D eigenvalue weighted by Gasteiger charge is 2.37. The van der Waals surface area contributed by atoms with Crippen molar-refractivity contribution in [3.05, 3.63) is 0 Å². The molecule has 78 valence electrons. The lowest BCUT2D eigenvalue weighted by Crippen LogP contribution is -2.23. The van der Waals surface area contributed by atoms with E-state index in [1.165, 1.54) is 0 Å². The molecule has 7 heteroatoms. The highest BCUT2D eigenvalue weighted by molar-refractivity contribution is 7.90. The summed E-state index contributed by atoms with van der Waals surface area (Å²) in [6.45, 7) is 0. The van der Waals surface area contributed by atoms with Crippen molar-refractivity contribution in [1.82, 2.24) is 0 Å². The molecule has 13 heavy (non-hydrogen) atoms. The maximum Gasteiger partial charge on any atom is 0.449 e. The molecule has 0 N–H and O–H groups in total. The van der Waals surface area contributed by atoms with E-state index < -0.39 is 34.0 Å². The van der Waals surface area contributed by atoms with Gasteiger partial charge in [0.15, 0.2) is 0 Å². The Morgan fingerprint density at radius 2 is 1.77 bits per heavy atom. The van der Waals surface area contributed by atoms with Crippen LogP contribution in [0, 0.1) is 0 Å². The van der Waals surface area contributed by atoms with Crippen LogP contribution in [-0.2, 0) is 14.6 Å². The summed E-state index contributed by atoms with van der Waals surface area (Å²) in [5, 5.41) is 0. The number of hydrogen-bond acceptors (Lipinski definition) is 3. The smallest absolute Gasteiger partial charge is 0.290 e. The topological polar surface area (TPSA) is 51.2 Å². The number of Topliss-reactive ketones (excluding diaryl/α,β-unsaturated/α-hetero) is 1. The zero-order chi connectivity index (χ0) is 10.7. The van der Waals surface area contributed by atoms with Crippen LogP contribution in [0.1, 0.15) is 12.8 Å². The fourth-order valence-electron chi connectivity index (χ4n) is 0.637. The molecule has 0 bridgehead atoms. The Hall–Kier alpha value is -0.590. The average Bonchev–Trinajstić information content (AvgIpc) is 1.82. The van der Waals surface area contributed by atoms with Gasteiger partial charge in [0.1, 0.15) is 9.84 Å². The van der Waals surface area contributed by atoms with Crippen molar-refractivity contribution >= 4 is 15.6 Å². The van der Waals surface area contributed by atoms with Gasteiger partial charge in [0.25, 0.3) is 0 Å². The van der Waals surface area contributed by atoms with Crippen LogP contribution in [0.15, 0.2) is 0 Å². The van der Waals surface area contributed by atoms with Crippen LogP contribution in [0.5, 0.6) is 0 Å². The molecule has 0 aliphatic rings. The van der Waals surface area contributed by atoms with Gasteiger partial charge in [-0.25, -0.2) is 8.42 Å². The molecule has 0 amide bonds. The molecular formula is C6H9F3O3S. The second-order valence-electron chi connectivity index (χ2n) is 2.65. The van der Waals surface area contributed by atoms with Crippen molar-refractivity contribution in [1.29, 1.82) is 0 Å². The molecule has 0 saturated heterocycles. The minimum absolute atomic E-state index is 0.281. The van der Waals surface area contributed by atoms with Gasteiger partial charge in [-0.2, -0.15) is 13.2 Å². The summed E-state index contributed by atoms with van der Waals surface area (Å²) in [5.74, 6) is -2.27. The van der Waals surface area contributed by atoms with Crippen LogP contribution in [0.2, 0.25) is 0 Å². The molecule has 0 heterocycles. The predicted octanol–water partition coefficient (Wildman–Crippen LogP) is 0.943. The van der Waals surface area contributed by atoms with Crippen molar-refractivity contribution < 1.29 is 26.4 Å². The Morgan fingerprint density at radius 1 is 1.31 bits per heavy atom. The molecule has 0 fully saturated rings. The van der Waals surface area contributed by atoms with E-state index in [-0.39, 0.29) is 6.42 Å². The average molecular weight is 218 g/mol. The summed E-state index contributed by atoms with van der Waals surface area (Å²) in [6.07, 6.45) is -4.99. The molecule has 0 aliphatic carbocycles. The zero-order valence-electron chi connectivity index (χ0n) is 6.89. The number of rotatable bonds is 4. The number of hydrogen-bond donors (Lipinski definition) is 0. The molecule has 0 aromatic heterocycles. The highest BCUT2D eigenvalue weighted by Crippen LogP contribution is 2.18. The zero-order valence-corrected chi connectivity index (χ0v) is 7.70. The van der Waals surface area contributed by atoms with Gasteiger partial charge < -0.3 is 0 Å². The van der Waals surface area contributed by atoms with Gasteiger partial charge in [-0.05, 0) is 6.42 Å². The van der Waals surface area contributed by atoms with Gasteiger partial charge in [0.2, 0.25) is 5.78 Å². The summed E-state index contributed by atoms with van der Waals surface area (Å²) >= 11 is 0. The van der Waals surface area contributed by atoms with Gasteiger partial charge in [0, 0.05) is 12.7 Å². The molecule has 0 saturated carbocycles. The SMILES string of the molecule is CS(=O)(=O)CCCC(=O)C(F)(F)F. The summed E-state index contributed by atoms with van der Waals surface area (Å²) in [7, 11) is -3.28. The standard InChI is InChI=1S/C6H9F3O3S/c1-13(11,12)4-2-3-5(10)6(7,8)9/h2-4H2,1H3. The van der Waals surface area contributed by atoms with Crippen molar-refractivity contribution in [3.8, 4) is 0 Å². The van der Waals surface area contributed by atoms with Crippen molar-refractivity contribution in [2.75, 3.05) is 12.0 Å². The maximum atomic E-state index is 11.6. The molecule has 0 aromatic carbocycles. The third kappa shape index (κ3) is 6.56. The fourth-order valence-corrected chi connectivity index (χ4v) is 1.31. The summed E-state index contributed by atoms with van der Waals surface area (Å²) in [4.78, 5) is 10.2. The first-order valence-electron chi connectivity index (χ1n) is 3.40. The molecular weight excluding hydrogens is 209 g/mol. The molecule has 0 aliphatic heterocycles. The largest absolute Gasteiger partial charge is 0.449 e.